The van der Waals surface area contributed by atoms with Crippen molar-refractivity contribution in [1.29, 1.82) is 0 Å². The molecule has 1 aromatic rings. The fourth-order valence-corrected chi connectivity index (χ4v) is 2.71. The quantitative estimate of drug-likeness (QED) is 0.847. The van der Waals surface area contributed by atoms with Crippen LogP contribution in [0.4, 0.5) is 0 Å². The van der Waals surface area contributed by atoms with Gasteiger partial charge in [-0.2, -0.15) is 0 Å². The summed E-state index contributed by atoms with van der Waals surface area (Å²) in [5.41, 5.74) is 0. The number of nitrogens with one attached hydrogen (secondary N) is 1. The second kappa shape index (κ2) is 5.28. The van der Waals surface area contributed by atoms with Gasteiger partial charge in [0.05, 0.1) is 6.54 Å². The summed E-state index contributed by atoms with van der Waals surface area (Å²) in [4.78, 5) is 14.1. The molecule has 0 bridgehead atoms. The first-order chi connectivity index (χ1) is 9.24. The normalized spacial score (nSPS) is 23.6. The Labute approximate surface area is 113 Å². The summed E-state index contributed by atoms with van der Waals surface area (Å²) in [5, 5.41) is 11.4. The summed E-state index contributed by atoms with van der Waals surface area (Å²) in [7, 11) is 1.96. The first-order valence-corrected chi connectivity index (χ1v) is 7.09. The summed E-state index contributed by atoms with van der Waals surface area (Å²) in [6.45, 7) is 2.13. The molecule has 1 aliphatic heterocycles. The molecular formula is C13H21N5O. The third kappa shape index (κ3) is 2.94. The molecule has 0 radical (unpaired) electrons. The lowest BCUT2D eigenvalue weighted by molar-refractivity contribution is -0.131. The molecule has 6 heteroatoms. The molecule has 104 valence electrons. The Bertz CT molecular complexity index is 454. The number of amides is 1. The number of rotatable bonds is 4. The fourth-order valence-electron chi connectivity index (χ4n) is 2.71. The molecule has 1 aromatic heterocycles. The zero-order valence-electron chi connectivity index (χ0n) is 11.4. The van der Waals surface area contributed by atoms with E-state index < -0.39 is 0 Å². The Morgan fingerprint density at radius 1 is 1.47 bits per heavy atom. The van der Waals surface area contributed by atoms with Crippen molar-refractivity contribution < 1.29 is 4.79 Å². The van der Waals surface area contributed by atoms with Gasteiger partial charge in [0.1, 0.15) is 12.2 Å². The van der Waals surface area contributed by atoms with Crippen LogP contribution in [0.2, 0.25) is 0 Å². The number of nitrogens with zero attached hydrogens (tertiary/aromatic N) is 4. The van der Waals surface area contributed by atoms with Crippen molar-refractivity contribution in [2.24, 2.45) is 7.05 Å². The second-order valence-corrected chi connectivity index (χ2v) is 5.63. The van der Waals surface area contributed by atoms with Gasteiger partial charge in [0.25, 0.3) is 0 Å². The standard InChI is InChI=1S/C13H21N5O/c1-17-9-15-16-13(17)10-3-2-6-18(8-10)12(19)7-14-11-4-5-11/h9-11,14H,2-8H2,1H3. The highest BCUT2D eigenvalue weighted by atomic mass is 16.2. The van der Waals surface area contributed by atoms with Crippen LogP contribution in [0.15, 0.2) is 6.33 Å². The van der Waals surface area contributed by atoms with Gasteiger partial charge in [-0.1, -0.05) is 0 Å². The average Bonchev–Trinajstić information content (AvgIpc) is 3.17. The highest BCUT2D eigenvalue weighted by Crippen LogP contribution is 2.25. The van der Waals surface area contributed by atoms with Crippen molar-refractivity contribution in [1.82, 2.24) is 25.0 Å². The molecule has 0 spiro atoms. The van der Waals surface area contributed by atoms with Gasteiger partial charge < -0.3 is 14.8 Å². The SMILES string of the molecule is Cn1cnnc1C1CCCN(C(=O)CNC2CC2)C1. The van der Waals surface area contributed by atoms with E-state index in [1.165, 1.54) is 12.8 Å². The summed E-state index contributed by atoms with van der Waals surface area (Å²) in [5.74, 6) is 1.54. The maximum Gasteiger partial charge on any atom is 0.236 e. The number of carbonyl (C=O) groups is 1. The van der Waals surface area contributed by atoms with Crippen LogP contribution in [0, 0.1) is 0 Å². The zero-order chi connectivity index (χ0) is 13.2. The molecule has 19 heavy (non-hydrogen) atoms. The minimum Gasteiger partial charge on any atom is -0.341 e. The van der Waals surface area contributed by atoms with E-state index in [9.17, 15) is 4.79 Å². The molecule has 1 unspecified atom stereocenters. The van der Waals surface area contributed by atoms with E-state index in [2.05, 4.69) is 15.5 Å². The van der Waals surface area contributed by atoms with Crippen LogP contribution in [0.25, 0.3) is 0 Å². The van der Waals surface area contributed by atoms with Gasteiger partial charge in [-0.05, 0) is 25.7 Å². The van der Waals surface area contributed by atoms with Gasteiger partial charge >= 0.3 is 0 Å². The third-order valence-corrected chi connectivity index (χ3v) is 4.00. The number of hydrogen-bond acceptors (Lipinski definition) is 4. The van der Waals surface area contributed by atoms with Gasteiger partial charge in [0.2, 0.25) is 5.91 Å². The predicted molar refractivity (Wildman–Crippen MR) is 70.6 cm³/mol. The molecule has 1 amide bonds. The Morgan fingerprint density at radius 2 is 2.32 bits per heavy atom. The molecule has 6 nitrogen and oxygen atoms in total. The van der Waals surface area contributed by atoms with Crippen molar-refractivity contribution >= 4 is 5.91 Å². The third-order valence-electron chi connectivity index (χ3n) is 4.00. The van der Waals surface area contributed by atoms with E-state index in [1.54, 1.807) is 6.33 Å². The van der Waals surface area contributed by atoms with Gasteiger partial charge in [-0.15, -0.1) is 10.2 Å². The van der Waals surface area contributed by atoms with Crippen LogP contribution < -0.4 is 5.32 Å². The van der Waals surface area contributed by atoms with E-state index in [0.717, 1.165) is 31.8 Å². The minimum atomic E-state index is 0.221. The maximum absolute atomic E-state index is 12.2. The number of carbonyl (C=O) groups excluding carboxylic acids is 1. The van der Waals surface area contributed by atoms with E-state index >= 15 is 0 Å². The smallest absolute Gasteiger partial charge is 0.236 e. The summed E-state index contributed by atoms with van der Waals surface area (Å²) < 4.78 is 1.96. The van der Waals surface area contributed by atoms with Crippen LogP contribution in [0.1, 0.15) is 37.4 Å². The van der Waals surface area contributed by atoms with Crippen LogP contribution >= 0.6 is 0 Å². The topological polar surface area (TPSA) is 63.1 Å². The summed E-state index contributed by atoms with van der Waals surface area (Å²) in [6.07, 6.45) is 6.30. The van der Waals surface area contributed by atoms with Gasteiger partial charge in [-0.3, -0.25) is 4.79 Å². The van der Waals surface area contributed by atoms with Crippen molar-refractivity contribution in [3.63, 3.8) is 0 Å². The lowest BCUT2D eigenvalue weighted by atomic mass is 9.97. The Hall–Kier alpha value is -1.43. The van der Waals surface area contributed by atoms with Crippen molar-refractivity contribution in [3.05, 3.63) is 12.2 Å². The first-order valence-electron chi connectivity index (χ1n) is 7.09. The van der Waals surface area contributed by atoms with E-state index in [0.29, 0.717) is 18.5 Å². The molecule has 1 atom stereocenters. The average molecular weight is 263 g/mol. The highest BCUT2D eigenvalue weighted by molar-refractivity contribution is 5.78. The van der Waals surface area contributed by atoms with Crippen LogP contribution in [-0.2, 0) is 11.8 Å². The van der Waals surface area contributed by atoms with E-state index in [-0.39, 0.29) is 5.91 Å². The van der Waals surface area contributed by atoms with Crippen molar-refractivity contribution in [2.75, 3.05) is 19.6 Å². The number of aromatic nitrogens is 3. The lowest BCUT2D eigenvalue weighted by Gasteiger charge is -2.32. The lowest BCUT2D eigenvalue weighted by Crippen LogP contribution is -2.44. The van der Waals surface area contributed by atoms with Crippen LogP contribution in [-0.4, -0.2) is 51.2 Å². The van der Waals surface area contributed by atoms with Gasteiger partial charge in [-0.25, -0.2) is 0 Å². The van der Waals surface area contributed by atoms with Crippen molar-refractivity contribution in [2.45, 2.75) is 37.6 Å². The fraction of sp³-hybridized carbons (Fsp3) is 0.769. The molecular weight excluding hydrogens is 242 g/mol. The predicted octanol–water partition coefficient (Wildman–Crippen LogP) is 0.273. The molecule has 2 aliphatic rings. The molecule has 1 saturated carbocycles. The van der Waals surface area contributed by atoms with Crippen LogP contribution in [0.3, 0.4) is 0 Å². The second-order valence-electron chi connectivity index (χ2n) is 5.63. The minimum absolute atomic E-state index is 0.221. The first kappa shape index (κ1) is 12.6. The number of hydrogen-bond donors (Lipinski definition) is 1. The maximum atomic E-state index is 12.2. The van der Waals surface area contributed by atoms with Gasteiger partial charge in [0, 0.05) is 32.1 Å². The molecule has 1 N–H and O–H groups in total. The monoisotopic (exact) mass is 263 g/mol. The largest absolute Gasteiger partial charge is 0.341 e. The Kier molecular flexibility index (Phi) is 3.50. The number of likely N-dealkylation sites (tertiary alicyclic amines) is 1. The Balaban J connectivity index is 1.57. The van der Waals surface area contributed by atoms with Crippen LogP contribution in [0.5, 0.6) is 0 Å². The number of piperidine rings is 1. The number of aryl methyl sites for hydroxylation is 1. The molecule has 3 rings (SSSR count). The highest BCUT2D eigenvalue weighted by Gasteiger charge is 2.28. The van der Waals surface area contributed by atoms with Crippen molar-refractivity contribution in [3.8, 4) is 0 Å². The van der Waals surface area contributed by atoms with E-state index in [1.807, 2.05) is 16.5 Å². The Morgan fingerprint density at radius 3 is 3.00 bits per heavy atom. The summed E-state index contributed by atoms with van der Waals surface area (Å²) >= 11 is 0. The van der Waals surface area contributed by atoms with E-state index in [4.69, 9.17) is 0 Å². The molecule has 0 aromatic carbocycles. The zero-order valence-corrected chi connectivity index (χ0v) is 11.4. The van der Waals surface area contributed by atoms with Gasteiger partial charge in [0.15, 0.2) is 0 Å². The summed E-state index contributed by atoms with van der Waals surface area (Å²) in [6, 6.07) is 0.586. The molecule has 1 saturated heterocycles. The molecule has 2 heterocycles. The molecule has 1 aliphatic carbocycles. The molecule has 2 fully saturated rings.